The highest BCUT2D eigenvalue weighted by molar-refractivity contribution is 5.70. The number of rotatable bonds is 2. The SMILES string of the molecule is CC(=O)Oc1ccc(O)c(C(C)C)c1C. The second kappa shape index (κ2) is 4.34. The maximum Gasteiger partial charge on any atom is 0.308 e. The number of aromatic hydroxyl groups is 1. The summed E-state index contributed by atoms with van der Waals surface area (Å²) in [7, 11) is 0. The third-order valence-corrected chi connectivity index (χ3v) is 2.27. The van der Waals surface area contributed by atoms with Gasteiger partial charge in [0.25, 0.3) is 0 Å². The summed E-state index contributed by atoms with van der Waals surface area (Å²) in [6.07, 6.45) is 0. The van der Waals surface area contributed by atoms with E-state index in [1.807, 2.05) is 20.8 Å². The molecule has 0 amide bonds. The summed E-state index contributed by atoms with van der Waals surface area (Å²) in [4.78, 5) is 10.8. The van der Waals surface area contributed by atoms with E-state index in [-0.39, 0.29) is 17.6 Å². The molecule has 0 bridgehead atoms. The highest BCUT2D eigenvalue weighted by atomic mass is 16.5. The zero-order valence-corrected chi connectivity index (χ0v) is 9.50. The normalized spacial score (nSPS) is 10.5. The van der Waals surface area contributed by atoms with Crippen LogP contribution in [-0.2, 0) is 4.79 Å². The van der Waals surface area contributed by atoms with Crippen LogP contribution in [0.2, 0.25) is 0 Å². The average molecular weight is 208 g/mol. The number of hydrogen-bond donors (Lipinski definition) is 1. The van der Waals surface area contributed by atoms with E-state index >= 15 is 0 Å². The summed E-state index contributed by atoms with van der Waals surface area (Å²) in [6.45, 7) is 7.17. The molecule has 0 saturated carbocycles. The Morgan fingerprint density at radius 2 is 2.00 bits per heavy atom. The third-order valence-electron chi connectivity index (χ3n) is 2.27. The number of carbonyl (C=O) groups is 1. The predicted octanol–water partition coefficient (Wildman–Crippen LogP) is 2.75. The van der Waals surface area contributed by atoms with Crippen LogP contribution >= 0.6 is 0 Å². The minimum absolute atomic E-state index is 0.195. The van der Waals surface area contributed by atoms with Crippen LogP contribution in [0.4, 0.5) is 0 Å². The van der Waals surface area contributed by atoms with Crippen molar-refractivity contribution >= 4 is 5.97 Å². The average Bonchev–Trinajstić information content (AvgIpc) is 2.09. The van der Waals surface area contributed by atoms with E-state index in [4.69, 9.17) is 4.74 Å². The van der Waals surface area contributed by atoms with E-state index in [0.717, 1.165) is 11.1 Å². The van der Waals surface area contributed by atoms with E-state index in [0.29, 0.717) is 5.75 Å². The fourth-order valence-electron chi connectivity index (χ4n) is 1.69. The van der Waals surface area contributed by atoms with E-state index < -0.39 is 0 Å². The van der Waals surface area contributed by atoms with Crippen molar-refractivity contribution in [1.29, 1.82) is 0 Å². The molecule has 82 valence electrons. The van der Waals surface area contributed by atoms with E-state index in [1.54, 1.807) is 12.1 Å². The quantitative estimate of drug-likeness (QED) is 0.600. The lowest BCUT2D eigenvalue weighted by atomic mass is 9.96. The van der Waals surface area contributed by atoms with Crippen LogP contribution in [-0.4, -0.2) is 11.1 Å². The van der Waals surface area contributed by atoms with Gasteiger partial charge in [-0.1, -0.05) is 13.8 Å². The van der Waals surface area contributed by atoms with Crippen LogP contribution in [0.15, 0.2) is 12.1 Å². The molecule has 0 aliphatic carbocycles. The van der Waals surface area contributed by atoms with Crippen molar-refractivity contribution in [3.05, 3.63) is 23.3 Å². The van der Waals surface area contributed by atoms with Crippen molar-refractivity contribution in [3.8, 4) is 11.5 Å². The van der Waals surface area contributed by atoms with Crippen molar-refractivity contribution in [1.82, 2.24) is 0 Å². The molecule has 0 unspecified atom stereocenters. The first-order valence-electron chi connectivity index (χ1n) is 4.94. The lowest BCUT2D eigenvalue weighted by molar-refractivity contribution is -0.131. The number of carbonyl (C=O) groups excluding carboxylic acids is 1. The lowest BCUT2D eigenvalue weighted by Crippen LogP contribution is -2.04. The Kier molecular flexibility index (Phi) is 3.35. The summed E-state index contributed by atoms with van der Waals surface area (Å²) >= 11 is 0. The van der Waals surface area contributed by atoms with Crippen LogP contribution in [0.1, 0.15) is 37.8 Å². The molecule has 0 aliphatic heterocycles. The molecule has 3 nitrogen and oxygen atoms in total. The minimum atomic E-state index is -0.349. The molecule has 0 heterocycles. The van der Waals surface area contributed by atoms with Gasteiger partial charge in [0.05, 0.1) is 0 Å². The Hall–Kier alpha value is -1.51. The van der Waals surface area contributed by atoms with Gasteiger partial charge >= 0.3 is 5.97 Å². The van der Waals surface area contributed by atoms with Gasteiger partial charge in [0.2, 0.25) is 0 Å². The number of hydrogen-bond acceptors (Lipinski definition) is 3. The van der Waals surface area contributed by atoms with Gasteiger partial charge in [-0.05, 0) is 30.5 Å². The summed E-state index contributed by atoms with van der Waals surface area (Å²) in [6, 6.07) is 3.17. The number of esters is 1. The Labute approximate surface area is 89.7 Å². The Balaban J connectivity index is 3.22. The van der Waals surface area contributed by atoms with Gasteiger partial charge in [0, 0.05) is 12.5 Å². The smallest absolute Gasteiger partial charge is 0.308 e. The predicted molar refractivity (Wildman–Crippen MR) is 58.2 cm³/mol. The van der Waals surface area contributed by atoms with Gasteiger partial charge in [-0.25, -0.2) is 0 Å². The van der Waals surface area contributed by atoms with Gasteiger partial charge in [-0.15, -0.1) is 0 Å². The second-order valence-corrected chi connectivity index (χ2v) is 3.87. The van der Waals surface area contributed by atoms with E-state index in [1.165, 1.54) is 6.92 Å². The van der Waals surface area contributed by atoms with E-state index in [9.17, 15) is 9.90 Å². The third kappa shape index (κ3) is 2.49. The molecule has 0 aromatic heterocycles. The molecule has 1 aromatic rings. The molecule has 0 fully saturated rings. The summed E-state index contributed by atoms with van der Waals surface area (Å²) in [5.74, 6) is 0.612. The topological polar surface area (TPSA) is 46.5 Å². The monoisotopic (exact) mass is 208 g/mol. The first kappa shape index (κ1) is 11.6. The van der Waals surface area contributed by atoms with Crippen molar-refractivity contribution in [2.75, 3.05) is 0 Å². The standard InChI is InChI=1S/C12H16O3/c1-7(2)12-8(3)11(15-9(4)13)6-5-10(12)14/h5-7,14H,1-4H3. The van der Waals surface area contributed by atoms with Crippen molar-refractivity contribution in [2.45, 2.75) is 33.6 Å². The molecule has 0 aliphatic rings. The van der Waals surface area contributed by atoms with Crippen molar-refractivity contribution in [3.63, 3.8) is 0 Å². The van der Waals surface area contributed by atoms with Crippen molar-refractivity contribution < 1.29 is 14.6 Å². The maximum absolute atomic E-state index is 10.8. The Bertz CT molecular complexity index is 381. The fourth-order valence-corrected chi connectivity index (χ4v) is 1.69. The molecular weight excluding hydrogens is 192 g/mol. The van der Waals surface area contributed by atoms with Gasteiger partial charge < -0.3 is 9.84 Å². The molecule has 0 spiro atoms. The summed E-state index contributed by atoms with van der Waals surface area (Å²) < 4.78 is 5.04. The molecule has 0 saturated heterocycles. The van der Waals surface area contributed by atoms with Crippen molar-refractivity contribution in [2.24, 2.45) is 0 Å². The second-order valence-electron chi connectivity index (χ2n) is 3.87. The van der Waals surface area contributed by atoms with E-state index in [2.05, 4.69) is 0 Å². The number of ether oxygens (including phenoxy) is 1. The maximum atomic E-state index is 10.8. The molecule has 1 N–H and O–H groups in total. The fraction of sp³-hybridized carbons (Fsp3) is 0.417. The first-order valence-corrected chi connectivity index (χ1v) is 4.94. The van der Waals surface area contributed by atoms with Crippen LogP contribution in [0.25, 0.3) is 0 Å². The van der Waals surface area contributed by atoms with Gasteiger partial charge in [0.1, 0.15) is 11.5 Å². The van der Waals surface area contributed by atoms with Crippen LogP contribution in [0, 0.1) is 6.92 Å². The van der Waals surface area contributed by atoms with Gasteiger partial charge in [0.15, 0.2) is 0 Å². The van der Waals surface area contributed by atoms with Crippen LogP contribution in [0.5, 0.6) is 11.5 Å². The number of phenolic OH excluding ortho intramolecular Hbond substituents is 1. The molecule has 0 radical (unpaired) electrons. The minimum Gasteiger partial charge on any atom is -0.508 e. The van der Waals surface area contributed by atoms with Gasteiger partial charge in [-0.2, -0.15) is 0 Å². The molecule has 0 atom stereocenters. The molecule has 3 heteroatoms. The zero-order valence-electron chi connectivity index (χ0n) is 9.50. The van der Waals surface area contributed by atoms with Crippen LogP contribution in [0.3, 0.4) is 0 Å². The molecule has 15 heavy (non-hydrogen) atoms. The molecule has 1 rings (SSSR count). The summed E-state index contributed by atoms with van der Waals surface area (Å²) in [5.41, 5.74) is 1.65. The number of phenols is 1. The zero-order chi connectivity index (χ0) is 11.6. The number of benzene rings is 1. The first-order chi connectivity index (χ1) is 6.93. The molecule has 1 aromatic carbocycles. The molecular formula is C12H16O3. The Morgan fingerprint density at radius 3 is 2.47 bits per heavy atom. The van der Waals surface area contributed by atoms with Crippen LogP contribution < -0.4 is 4.74 Å². The highest BCUT2D eigenvalue weighted by Crippen LogP contribution is 2.34. The van der Waals surface area contributed by atoms with Gasteiger partial charge in [-0.3, -0.25) is 4.79 Å². The lowest BCUT2D eigenvalue weighted by Gasteiger charge is -2.15. The Morgan fingerprint density at radius 1 is 1.40 bits per heavy atom. The summed E-state index contributed by atoms with van der Waals surface area (Å²) in [5, 5.41) is 9.68. The highest BCUT2D eigenvalue weighted by Gasteiger charge is 2.14. The largest absolute Gasteiger partial charge is 0.508 e.